The Morgan fingerprint density at radius 1 is 1.26 bits per heavy atom. The summed E-state index contributed by atoms with van der Waals surface area (Å²) in [4.78, 5) is 0. The Morgan fingerprint density at radius 3 is 2.68 bits per heavy atom. The average molecular weight is 288 g/mol. The van der Waals surface area contributed by atoms with Crippen molar-refractivity contribution < 1.29 is 8.42 Å². The van der Waals surface area contributed by atoms with Crippen LogP contribution >= 0.6 is 0 Å². The molecule has 1 aliphatic heterocycles. The molecule has 4 nitrogen and oxygen atoms in total. The number of rotatable bonds is 5. The van der Waals surface area contributed by atoms with Gasteiger partial charge in [0, 0.05) is 11.6 Å². The van der Waals surface area contributed by atoms with Crippen molar-refractivity contribution in [1.29, 1.82) is 0 Å². The number of nitrogens with one attached hydrogen (secondary N) is 2. The Kier molecular flexibility index (Phi) is 5.26. The summed E-state index contributed by atoms with van der Waals surface area (Å²) >= 11 is 0. The molecule has 2 fully saturated rings. The molecule has 2 rings (SSSR count). The molecular weight excluding hydrogens is 260 g/mol. The first-order valence-electron chi connectivity index (χ1n) is 7.80. The smallest absolute Gasteiger partial charge is 0.211 e. The third kappa shape index (κ3) is 4.43. The van der Waals surface area contributed by atoms with E-state index in [1.807, 2.05) is 6.92 Å². The maximum atomic E-state index is 12.0. The number of piperidine rings is 1. The van der Waals surface area contributed by atoms with Crippen molar-refractivity contribution in [3.8, 4) is 0 Å². The number of hydrogen-bond donors (Lipinski definition) is 2. The number of unbranched alkanes of at least 4 members (excludes halogenated alkanes) is 1. The third-order valence-electron chi connectivity index (χ3n) is 4.55. The Labute approximate surface area is 117 Å². The van der Waals surface area contributed by atoms with Crippen LogP contribution in [0.5, 0.6) is 0 Å². The van der Waals surface area contributed by atoms with E-state index < -0.39 is 10.0 Å². The minimum Gasteiger partial charge on any atom is -0.311 e. The van der Waals surface area contributed by atoms with Crippen LogP contribution in [0.3, 0.4) is 0 Å². The van der Waals surface area contributed by atoms with Gasteiger partial charge in [-0.25, -0.2) is 13.1 Å². The summed E-state index contributed by atoms with van der Waals surface area (Å²) in [6.45, 7) is 2.97. The minimum absolute atomic E-state index is 0.140. The van der Waals surface area contributed by atoms with Gasteiger partial charge in [0.15, 0.2) is 0 Å². The molecule has 0 radical (unpaired) electrons. The van der Waals surface area contributed by atoms with Gasteiger partial charge in [-0.05, 0) is 38.6 Å². The molecule has 1 unspecified atom stereocenters. The van der Waals surface area contributed by atoms with E-state index in [2.05, 4.69) is 10.0 Å². The fourth-order valence-electron chi connectivity index (χ4n) is 3.51. The number of hydrogen-bond acceptors (Lipinski definition) is 3. The van der Waals surface area contributed by atoms with Gasteiger partial charge in [-0.2, -0.15) is 0 Å². The fraction of sp³-hybridized carbons (Fsp3) is 1.00. The van der Waals surface area contributed by atoms with Gasteiger partial charge < -0.3 is 5.32 Å². The fourth-order valence-corrected chi connectivity index (χ4v) is 5.01. The lowest BCUT2D eigenvalue weighted by Crippen LogP contribution is -2.57. The second-order valence-corrected chi connectivity index (χ2v) is 8.12. The zero-order chi connectivity index (χ0) is 13.8. The maximum absolute atomic E-state index is 12.0. The molecule has 1 atom stereocenters. The van der Waals surface area contributed by atoms with Gasteiger partial charge in [-0.1, -0.05) is 32.6 Å². The van der Waals surface area contributed by atoms with Gasteiger partial charge in [0.1, 0.15) is 0 Å². The SMILES string of the molecule is CCCCS(=O)(=O)NC1CCNC2(CCCCC2)C1. The summed E-state index contributed by atoms with van der Waals surface area (Å²) in [6.07, 6.45) is 9.88. The molecule has 19 heavy (non-hydrogen) atoms. The van der Waals surface area contributed by atoms with Crippen LogP contribution in [0, 0.1) is 0 Å². The first-order chi connectivity index (χ1) is 9.05. The van der Waals surface area contributed by atoms with E-state index in [0.717, 1.165) is 32.2 Å². The Bertz CT molecular complexity index is 369. The van der Waals surface area contributed by atoms with Gasteiger partial charge in [0.25, 0.3) is 0 Å². The molecule has 1 aliphatic carbocycles. The number of sulfonamides is 1. The van der Waals surface area contributed by atoms with E-state index in [1.54, 1.807) is 0 Å². The van der Waals surface area contributed by atoms with Crippen LogP contribution < -0.4 is 10.0 Å². The molecule has 0 amide bonds. The third-order valence-corrected chi connectivity index (χ3v) is 6.07. The van der Waals surface area contributed by atoms with Crippen molar-refractivity contribution in [2.75, 3.05) is 12.3 Å². The van der Waals surface area contributed by atoms with Crippen LogP contribution in [0.1, 0.15) is 64.7 Å². The zero-order valence-electron chi connectivity index (χ0n) is 12.1. The lowest BCUT2D eigenvalue weighted by Gasteiger charge is -2.44. The van der Waals surface area contributed by atoms with Gasteiger partial charge in [0.2, 0.25) is 10.0 Å². The normalized spacial score (nSPS) is 27.5. The summed E-state index contributed by atoms with van der Waals surface area (Å²) in [5.41, 5.74) is 0.217. The molecule has 0 aromatic heterocycles. The second-order valence-electron chi connectivity index (χ2n) is 6.25. The Balaban J connectivity index is 1.90. The van der Waals surface area contributed by atoms with Crippen LogP contribution in [0.15, 0.2) is 0 Å². The van der Waals surface area contributed by atoms with Crippen LogP contribution in [0.25, 0.3) is 0 Å². The molecule has 2 N–H and O–H groups in total. The molecule has 1 saturated carbocycles. The summed E-state index contributed by atoms with van der Waals surface area (Å²) < 4.78 is 26.9. The predicted octanol–water partition coefficient (Wildman–Crippen LogP) is 2.16. The predicted molar refractivity (Wildman–Crippen MR) is 78.7 cm³/mol. The highest BCUT2D eigenvalue weighted by Crippen LogP contribution is 2.34. The van der Waals surface area contributed by atoms with Crippen LogP contribution in [0.2, 0.25) is 0 Å². The monoisotopic (exact) mass is 288 g/mol. The molecule has 0 aromatic carbocycles. The molecule has 1 heterocycles. The highest BCUT2D eigenvalue weighted by molar-refractivity contribution is 7.89. The van der Waals surface area contributed by atoms with E-state index in [0.29, 0.717) is 0 Å². The first-order valence-corrected chi connectivity index (χ1v) is 9.45. The second kappa shape index (κ2) is 6.55. The van der Waals surface area contributed by atoms with Crippen molar-refractivity contribution in [3.05, 3.63) is 0 Å². The Hall–Kier alpha value is -0.130. The molecule has 1 spiro atoms. The molecule has 0 bridgehead atoms. The molecule has 2 aliphatic rings. The van der Waals surface area contributed by atoms with Crippen LogP contribution in [0.4, 0.5) is 0 Å². The summed E-state index contributed by atoms with van der Waals surface area (Å²) in [7, 11) is -3.08. The molecule has 5 heteroatoms. The molecule has 1 saturated heterocycles. The van der Waals surface area contributed by atoms with E-state index in [1.165, 1.54) is 32.1 Å². The van der Waals surface area contributed by atoms with Crippen LogP contribution in [-0.4, -0.2) is 32.3 Å². The molecular formula is C14H28N2O2S. The van der Waals surface area contributed by atoms with Crippen molar-refractivity contribution in [2.45, 2.75) is 76.3 Å². The van der Waals surface area contributed by atoms with Crippen molar-refractivity contribution >= 4 is 10.0 Å². The van der Waals surface area contributed by atoms with E-state index >= 15 is 0 Å². The lowest BCUT2D eigenvalue weighted by atomic mass is 9.75. The molecule has 112 valence electrons. The summed E-state index contributed by atoms with van der Waals surface area (Å²) in [5, 5.41) is 3.66. The average Bonchev–Trinajstić information content (AvgIpc) is 2.37. The van der Waals surface area contributed by atoms with Gasteiger partial charge in [0.05, 0.1) is 5.75 Å². The zero-order valence-corrected chi connectivity index (χ0v) is 12.9. The largest absolute Gasteiger partial charge is 0.311 e. The maximum Gasteiger partial charge on any atom is 0.211 e. The highest BCUT2D eigenvalue weighted by atomic mass is 32.2. The van der Waals surface area contributed by atoms with Gasteiger partial charge in [-0.15, -0.1) is 0 Å². The topological polar surface area (TPSA) is 58.2 Å². The minimum atomic E-state index is -3.08. The highest BCUT2D eigenvalue weighted by Gasteiger charge is 2.37. The van der Waals surface area contributed by atoms with Gasteiger partial charge >= 0.3 is 0 Å². The quantitative estimate of drug-likeness (QED) is 0.815. The summed E-state index contributed by atoms with van der Waals surface area (Å²) in [6, 6.07) is 0.140. The standard InChI is InChI=1S/C14H28N2O2S/c1-2-3-11-19(17,18)16-13-7-10-15-14(12-13)8-5-4-6-9-14/h13,15-16H,2-12H2,1H3. The lowest BCUT2D eigenvalue weighted by molar-refractivity contribution is 0.165. The summed E-state index contributed by atoms with van der Waals surface area (Å²) in [5.74, 6) is 0.278. The van der Waals surface area contributed by atoms with Crippen molar-refractivity contribution in [2.24, 2.45) is 0 Å². The van der Waals surface area contributed by atoms with Crippen molar-refractivity contribution in [1.82, 2.24) is 10.0 Å². The van der Waals surface area contributed by atoms with Crippen molar-refractivity contribution in [3.63, 3.8) is 0 Å². The van der Waals surface area contributed by atoms with E-state index in [9.17, 15) is 8.42 Å². The van der Waals surface area contributed by atoms with Crippen LogP contribution in [-0.2, 0) is 10.0 Å². The van der Waals surface area contributed by atoms with Gasteiger partial charge in [-0.3, -0.25) is 0 Å². The Morgan fingerprint density at radius 2 is 2.00 bits per heavy atom. The first kappa shape index (κ1) is 15.3. The van der Waals surface area contributed by atoms with E-state index in [-0.39, 0.29) is 17.3 Å². The molecule has 0 aromatic rings. The van der Waals surface area contributed by atoms with E-state index in [4.69, 9.17) is 0 Å².